The molecule has 0 aliphatic heterocycles. The summed E-state index contributed by atoms with van der Waals surface area (Å²) in [7, 11) is 0. The number of thioether (sulfide) groups is 1. The van der Waals surface area contributed by atoms with Crippen LogP contribution in [-0.2, 0) is 0 Å². The van der Waals surface area contributed by atoms with Crippen LogP contribution in [0.3, 0.4) is 0 Å². The van der Waals surface area contributed by atoms with Crippen LogP contribution in [0.15, 0.2) is 24.3 Å². The van der Waals surface area contributed by atoms with E-state index in [2.05, 4.69) is 0 Å². The van der Waals surface area contributed by atoms with Crippen molar-refractivity contribution >= 4 is 17.4 Å². The van der Waals surface area contributed by atoms with Gasteiger partial charge in [-0.1, -0.05) is 12.1 Å². The van der Waals surface area contributed by atoms with Crippen LogP contribution >= 0.6 is 11.8 Å². The molecule has 1 aromatic rings. The third kappa shape index (κ3) is 2.35. The third-order valence-corrected chi connectivity index (χ3v) is 1.60. The molecule has 0 saturated heterocycles. The Labute approximate surface area is 70.7 Å². The summed E-state index contributed by atoms with van der Waals surface area (Å²) in [6, 6.07) is 7.49. The number of hydrogen-bond acceptors (Lipinski definition) is 3. The van der Waals surface area contributed by atoms with E-state index in [0.29, 0.717) is 11.6 Å². The summed E-state index contributed by atoms with van der Waals surface area (Å²) >= 11 is 1.63. The first kappa shape index (κ1) is 8.27. The van der Waals surface area contributed by atoms with Crippen molar-refractivity contribution in [3.63, 3.8) is 0 Å². The number of nitrogens with two attached hydrogens (primary N) is 1. The lowest BCUT2D eigenvalue weighted by Crippen LogP contribution is -1.95. The topological polar surface area (TPSA) is 35.2 Å². The normalized spacial score (nSPS) is 9.55. The first-order valence-electron chi connectivity index (χ1n) is 3.31. The Balaban J connectivity index is 2.62. The monoisotopic (exact) mass is 169 g/mol. The third-order valence-electron chi connectivity index (χ3n) is 1.25. The second kappa shape index (κ2) is 4.13. The Kier molecular flexibility index (Phi) is 3.11. The van der Waals surface area contributed by atoms with E-state index < -0.39 is 0 Å². The average Bonchev–Trinajstić information content (AvgIpc) is 2.03. The first-order chi connectivity index (χ1) is 5.34. The van der Waals surface area contributed by atoms with Gasteiger partial charge in [0, 0.05) is 0 Å². The summed E-state index contributed by atoms with van der Waals surface area (Å²) in [5, 5.41) is 0. The maximum absolute atomic E-state index is 5.63. The molecule has 0 aliphatic carbocycles. The maximum Gasteiger partial charge on any atom is 0.143 e. The minimum Gasteiger partial charge on any atom is -0.481 e. The summed E-state index contributed by atoms with van der Waals surface area (Å²) in [4.78, 5) is 0. The molecule has 0 radical (unpaired) electrons. The van der Waals surface area contributed by atoms with Gasteiger partial charge in [-0.25, -0.2) is 0 Å². The summed E-state index contributed by atoms with van der Waals surface area (Å²) < 4.78 is 5.32. The maximum atomic E-state index is 5.63. The summed E-state index contributed by atoms with van der Waals surface area (Å²) in [6.07, 6.45) is 1.99. The van der Waals surface area contributed by atoms with E-state index in [1.807, 2.05) is 30.5 Å². The molecule has 60 valence electrons. The van der Waals surface area contributed by atoms with Crippen LogP contribution in [0.4, 0.5) is 5.69 Å². The van der Waals surface area contributed by atoms with Gasteiger partial charge in [0.2, 0.25) is 0 Å². The lowest BCUT2D eigenvalue weighted by molar-refractivity contribution is 0.395. The molecule has 1 rings (SSSR count). The van der Waals surface area contributed by atoms with Gasteiger partial charge in [0.1, 0.15) is 11.7 Å². The largest absolute Gasteiger partial charge is 0.481 e. The van der Waals surface area contributed by atoms with Gasteiger partial charge in [-0.05, 0) is 18.4 Å². The first-order valence-corrected chi connectivity index (χ1v) is 4.70. The number of ether oxygens (including phenoxy) is 1. The summed E-state index contributed by atoms with van der Waals surface area (Å²) in [5.74, 6) is 1.41. The average molecular weight is 169 g/mol. The van der Waals surface area contributed by atoms with Crippen molar-refractivity contribution in [2.45, 2.75) is 0 Å². The number of hydrogen-bond donors (Lipinski definition) is 1. The standard InChI is InChI=1S/C8H11NOS/c1-11-6-10-8-5-3-2-4-7(8)9/h2-5H,6,9H2,1H3. The van der Waals surface area contributed by atoms with E-state index in [1.54, 1.807) is 11.8 Å². The van der Waals surface area contributed by atoms with Gasteiger partial charge in [0.25, 0.3) is 0 Å². The Hall–Kier alpha value is -0.830. The van der Waals surface area contributed by atoms with E-state index in [-0.39, 0.29) is 0 Å². The fraction of sp³-hybridized carbons (Fsp3) is 0.250. The molecule has 0 unspecified atom stereocenters. The molecule has 0 atom stereocenters. The number of anilines is 1. The van der Waals surface area contributed by atoms with E-state index in [0.717, 1.165) is 5.75 Å². The molecule has 0 spiro atoms. The molecular weight excluding hydrogens is 158 g/mol. The fourth-order valence-corrected chi connectivity index (χ4v) is 0.979. The Morgan fingerprint density at radius 2 is 2.18 bits per heavy atom. The predicted octanol–water partition coefficient (Wildman–Crippen LogP) is 1.97. The van der Waals surface area contributed by atoms with Gasteiger partial charge in [-0.15, -0.1) is 11.8 Å². The highest BCUT2D eigenvalue weighted by Crippen LogP contribution is 2.20. The molecule has 0 amide bonds. The van der Waals surface area contributed by atoms with Crippen molar-refractivity contribution in [1.82, 2.24) is 0 Å². The van der Waals surface area contributed by atoms with Crippen LogP contribution in [0, 0.1) is 0 Å². The molecule has 2 nitrogen and oxygen atoms in total. The van der Waals surface area contributed by atoms with Crippen LogP contribution in [0.5, 0.6) is 5.75 Å². The Bertz CT molecular complexity index is 227. The SMILES string of the molecule is CSCOc1ccccc1N. The van der Waals surface area contributed by atoms with Crippen molar-refractivity contribution in [3.05, 3.63) is 24.3 Å². The predicted molar refractivity (Wildman–Crippen MR) is 49.9 cm³/mol. The smallest absolute Gasteiger partial charge is 0.143 e. The molecular formula is C8H11NOS. The zero-order chi connectivity index (χ0) is 8.10. The molecule has 11 heavy (non-hydrogen) atoms. The number of rotatable bonds is 3. The van der Waals surface area contributed by atoms with Crippen LogP contribution in [0.1, 0.15) is 0 Å². The second-order valence-corrected chi connectivity index (χ2v) is 2.90. The van der Waals surface area contributed by atoms with E-state index in [9.17, 15) is 0 Å². The Morgan fingerprint density at radius 1 is 1.45 bits per heavy atom. The highest BCUT2D eigenvalue weighted by molar-refractivity contribution is 7.98. The molecule has 0 heterocycles. The molecule has 0 aromatic heterocycles. The van der Waals surface area contributed by atoms with Crippen LogP contribution in [-0.4, -0.2) is 12.2 Å². The Morgan fingerprint density at radius 3 is 2.82 bits per heavy atom. The van der Waals surface area contributed by atoms with Crippen molar-refractivity contribution < 1.29 is 4.74 Å². The second-order valence-electron chi connectivity index (χ2n) is 2.09. The highest BCUT2D eigenvalue weighted by atomic mass is 32.2. The van der Waals surface area contributed by atoms with Crippen molar-refractivity contribution in [2.75, 3.05) is 17.9 Å². The highest BCUT2D eigenvalue weighted by Gasteiger charge is 1.95. The quantitative estimate of drug-likeness (QED) is 0.555. The van der Waals surface area contributed by atoms with Gasteiger partial charge in [-0.3, -0.25) is 0 Å². The van der Waals surface area contributed by atoms with Crippen LogP contribution in [0.25, 0.3) is 0 Å². The zero-order valence-electron chi connectivity index (χ0n) is 6.41. The summed E-state index contributed by atoms with van der Waals surface area (Å²) in [5.41, 5.74) is 6.32. The molecule has 0 bridgehead atoms. The molecule has 0 aliphatic rings. The van der Waals surface area contributed by atoms with Gasteiger partial charge in [0.15, 0.2) is 0 Å². The van der Waals surface area contributed by atoms with Crippen molar-refractivity contribution in [1.29, 1.82) is 0 Å². The van der Waals surface area contributed by atoms with Crippen molar-refractivity contribution in [3.8, 4) is 5.75 Å². The molecule has 3 heteroatoms. The molecule has 0 fully saturated rings. The van der Waals surface area contributed by atoms with Crippen LogP contribution < -0.4 is 10.5 Å². The van der Waals surface area contributed by atoms with E-state index in [4.69, 9.17) is 10.5 Å². The molecule has 2 N–H and O–H groups in total. The number of benzene rings is 1. The minimum absolute atomic E-state index is 0.647. The fourth-order valence-electron chi connectivity index (χ4n) is 0.734. The summed E-state index contributed by atoms with van der Waals surface area (Å²) in [6.45, 7) is 0. The lowest BCUT2D eigenvalue weighted by atomic mass is 10.3. The van der Waals surface area contributed by atoms with Crippen molar-refractivity contribution in [2.24, 2.45) is 0 Å². The van der Waals surface area contributed by atoms with Gasteiger partial charge in [-0.2, -0.15) is 0 Å². The zero-order valence-corrected chi connectivity index (χ0v) is 7.23. The van der Waals surface area contributed by atoms with E-state index >= 15 is 0 Å². The van der Waals surface area contributed by atoms with Gasteiger partial charge >= 0.3 is 0 Å². The van der Waals surface area contributed by atoms with Crippen LogP contribution in [0.2, 0.25) is 0 Å². The minimum atomic E-state index is 0.647. The van der Waals surface area contributed by atoms with Gasteiger partial charge in [0.05, 0.1) is 5.69 Å². The lowest BCUT2D eigenvalue weighted by Gasteiger charge is -2.05. The van der Waals surface area contributed by atoms with E-state index in [1.165, 1.54) is 0 Å². The number of nitrogen functional groups attached to an aromatic ring is 1. The number of para-hydroxylation sites is 2. The van der Waals surface area contributed by atoms with Gasteiger partial charge < -0.3 is 10.5 Å². The molecule has 0 saturated carbocycles. The molecule has 1 aromatic carbocycles.